The second-order valence-electron chi connectivity index (χ2n) is 4.29. The van der Waals surface area contributed by atoms with Crippen LogP contribution in [0.1, 0.15) is 52.9 Å². The Bertz CT molecular complexity index is 113. The van der Waals surface area contributed by atoms with Crippen molar-refractivity contribution in [3.8, 4) is 0 Å². The number of rotatable bonds is 11. The Labute approximate surface area is 95.3 Å². The second-order valence-corrected chi connectivity index (χ2v) is 4.29. The summed E-state index contributed by atoms with van der Waals surface area (Å²) in [7, 11) is 0. The molecule has 15 heavy (non-hydrogen) atoms. The molecule has 0 saturated carbocycles. The summed E-state index contributed by atoms with van der Waals surface area (Å²) in [5.41, 5.74) is 0. The average Bonchev–Trinajstić information content (AvgIpc) is 2.20. The van der Waals surface area contributed by atoms with Crippen molar-refractivity contribution in [3.05, 3.63) is 5.92 Å². The molecule has 0 aliphatic heterocycles. The van der Waals surface area contributed by atoms with Crippen molar-refractivity contribution in [2.45, 2.75) is 52.9 Å². The van der Waals surface area contributed by atoms with E-state index in [0.717, 1.165) is 39.3 Å². The van der Waals surface area contributed by atoms with Crippen LogP contribution in [0.3, 0.4) is 0 Å². The van der Waals surface area contributed by atoms with Gasteiger partial charge in [0, 0.05) is 19.8 Å². The highest BCUT2D eigenvalue weighted by Crippen LogP contribution is 1.99. The van der Waals surface area contributed by atoms with Crippen LogP contribution >= 0.6 is 0 Å². The van der Waals surface area contributed by atoms with Crippen molar-refractivity contribution in [2.75, 3.05) is 26.4 Å². The molecular formula is C13H27O2. The third-order valence-corrected chi connectivity index (χ3v) is 2.11. The average molecular weight is 215 g/mol. The van der Waals surface area contributed by atoms with Crippen LogP contribution < -0.4 is 0 Å². The number of hydrogen-bond acceptors (Lipinski definition) is 2. The Balaban J connectivity index is 2.87. The topological polar surface area (TPSA) is 18.5 Å². The van der Waals surface area contributed by atoms with Gasteiger partial charge in [0.05, 0.1) is 6.61 Å². The molecule has 91 valence electrons. The number of hydrogen-bond donors (Lipinski definition) is 0. The number of ether oxygens (including phenoxy) is 2. The van der Waals surface area contributed by atoms with Gasteiger partial charge in [-0.25, -0.2) is 0 Å². The minimum absolute atomic E-state index is 0.803. The fraction of sp³-hybridized carbons (Fsp3) is 0.923. The second kappa shape index (κ2) is 12.0. The first-order valence-electron chi connectivity index (χ1n) is 6.22. The van der Waals surface area contributed by atoms with Crippen molar-refractivity contribution in [1.82, 2.24) is 0 Å². The lowest BCUT2D eigenvalue weighted by molar-refractivity contribution is 0.105. The molecule has 0 saturated heterocycles. The molecule has 1 radical (unpaired) electrons. The van der Waals surface area contributed by atoms with Crippen LogP contribution in [-0.2, 0) is 9.47 Å². The third kappa shape index (κ3) is 13.9. The summed E-state index contributed by atoms with van der Waals surface area (Å²) in [6, 6.07) is 0. The summed E-state index contributed by atoms with van der Waals surface area (Å²) in [6.07, 6.45) is 5.99. The van der Waals surface area contributed by atoms with Crippen molar-refractivity contribution in [3.63, 3.8) is 0 Å². The van der Waals surface area contributed by atoms with E-state index < -0.39 is 0 Å². The molecule has 0 fully saturated rings. The maximum absolute atomic E-state index is 5.50. The molecule has 0 aromatic heterocycles. The van der Waals surface area contributed by atoms with Gasteiger partial charge in [0.25, 0.3) is 0 Å². The number of unbranched alkanes of at least 4 members (excludes halogenated alkanes) is 3. The van der Waals surface area contributed by atoms with Gasteiger partial charge >= 0.3 is 0 Å². The Morgan fingerprint density at radius 2 is 1.33 bits per heavy atom. The van der Waals surface area contributed by atoms with Crippen LogP contribution in [0.15, 0.2) is 0 Å². The Hall–Kier alpha value is -0.0800. The van der Waals surface area contributed by atoms with E-state index in [-0.39, 0.29) is 0 Å². The molecule has 0 heterocycles. The van der Waals surface area contributed by atoms with Crippen LogP contribution in [0.4, 0.5) is 0 Å². The van der Waals surface area contributed by atoms with Crippen molar-refractivity contribution in [2.24, 2.45) is 0 Å². The SMILES string of the molecule is CCCCCOCCCCOC[C](C)C. The van der Waals surface area contributed by atoms with E-state index in [2.05, 4.69) is 20.8 Å². The Kier molecular flexibility index (Phi) is 11.9. The fourth-order valence-corrected chi connectivity index (χ4v) is 1.24. The van der Waals surface area contributed by atoms with Gasteiger partial charge in [-0.15, -0.1) is 0 Å². The van der Waals surface area contributed by atoms with Gasteiger partial charge in [0.2, 0.25) is 0 Å². The van der Waals surface area contributed by atoms with E-state index in [0.29, 0.717) is 0 Å². The van der Waals surface area contributed by atoms with Crippen molar-refractivity contribution >= 4 is 0 Å². The summed E-state index contributed by atoms with van der Waals surface area (Å²) in [5.74, 6) is 1.34. The quantitative estimate of drug-likeness (QED) is 0.490. The predicted molar refractivity (Wildman–Crippen MR) is 65.0 cm³/mol. The Morgan fingerprint density at radius 3 is 1.87 bits per heavy atom. The van der Waals surface area contributed by atoms with Crippen molar-refractivity contribution < 1.29 is 9.47 Å². The predicted octanol–water partition coefficient (Wildman–Crippen LogP) is 3.60. The highest BCUT2D eigenvalue weighted by atomic mass is 16.5. The molecule has 0 N–H and O–H groups in total. The first-order valence-corrected chi connectivity index (χ1v) is 6.22. The molecule has 0 spiro atoms. The fourth-order valence-electron chi connectivity index (χ4n) is 1.24. The summed E-state index contributed by atoms with van der Waals surface area (Å²) in [5, 5.41) is 0. The van der Waals surface area contributed by atoms with Gasteiger partial charge in [-0.1, -0.05) is 33.6 Å². The minimum atomic E-state index is 0.803. The maximum Gasteiger partial charge on any atom is 0.0523 e. The molecule has 0 aliphatic carbocycles. The monoisotopic (exact) mass is 215 g/mol. The lowest BCUT2D eigenvalue weighted by atomic mass is 10.2. The summed E-state index contributed by atoms with van der Waals surface area (Å²) in [6.45, 7) is 9.89. The van der Waals surface area contributed by atoms with Gasteiger partial charge < -0.3 is 9.47 Å². The summed E-state index contributed by atoms with van der Waals surface area (Å²) in [4.78, 5) is 0. The molecule has 2 nitrogen and oxygen atoms in total. The van der Waals surface area contributed by atoms with Crippen LogP contribution in [-0.4, -0.2) is 26.4 Å². The lowest BCUT2D eigenvalue weighted by Crippen LogP contribution is -2.03. The normalized spacial score (nSPS) is 11.2. The van der Waals surface area contributed by atoms with Crippen molar-refractivity contribution in [1.29, 1.82) is 0 Å². The zero-order chi connectivity index (χ0) is 11.4. The van der Waals surface area contributed by atoms with Crippen LogP contribution in [0.25, 0.3) is 0 Å². The standard InChI is InChI=1S/C13H27O2/c1-4-5-6-9-14-10-7-8-11-15-12-13(2)3/h4-12H2,1-3H3. The zero-order valence-corrected chi connectivity index (χ0v) is 10.7. The minimum Gasteiger partial charge on any atom is -0.381 e. The summed E-state index contributed by atoms with van der Waals surface area (Å²) < 4.78 is 11.0. The molecule has 2 heteroatoms. The van der Waals surface area contributed by atoms with Gasteiger partial charge in [-0.2, -0.15) is 0 Å². The molecule has 0 bridgehead atoms. The first kappa shape index (κ1) is 14.9. The van der Waals surface area contributed by atoms with Crippen LogP contribution in [0.5, 0.6) is 0 Å². The first-order chi connectivity index (χ1) is 7.27. The van der Waals surface area contributed by atoms with Crippen LogP contribution in [0.2, 0.25) is 0 Å². The highest BCUT2D eigenvalue weighted by molar-refractivity contribution is 4.75. The molecule has 0 unspecified atom stereocenters. The highest BCUT2D eigenvalue weighted by Gasteiger charge is 1.94. The van der Waals surface area contributed by atoms with E-state index in [9.17, 15) is 0 Å². The summed E-state index contributed by atoms with van der Waals surface area (Å²) >= 11 is 0. The molecule has 0 aliphatic rings. The molecule has 0 atom stereocenters. The van der Waals surface area contributed by atoms with Gasteiger partial charge in [-0.05, 0) is 25.2 Å². The smallest absolute Gasteiger partial charge is 0.0523 e. The van der Waals surface area contributed by atoms with Crippen LogP contribution in [0, 0.1) is 5.92 Å². The van der Waals surface area contributed by atoms with E-state index >= 15 is 0 Å². The molecule has 0 aromatic rings. The van der Waals surface area contributed by atoms with Gasteiger partial charge in [0.15, 0.2) is 0 Å². The van der Waals surface area contributed by atoms with E-state index in [1.807, 2.05) is 0 Å². The Morgan fingerprint density at radius 1 is 0.800 bits per heavy atom. The lowest BCUT2D eigenvalue weighted by Gasteiger charge is -2.06. The third-order valence-electron chi connectivity index (χ3n) is 2.11. The molecular weight excluding hydrogens is 188 g/mol. The molecule has 0 rings (SSSR count). The van der Waals surface area contributed by atoms with Gasteiger partial charge in [0.1, 0.15) is 0 Å². The zero-order valence-electron chi connectivity index (χ0n) is 10.7. The van der Waals surface area contributed by atoms with Gasteiger partial charge in [-0.3, -0.25) is 0 Å². The largest absolute Gasteiger partial charge is 0.381 e. The molecule has 0 amide bonds. The molecule has 0 aromatic carbocycles. The van der Waals surface area contributed by atoms with E-state index in [1.165, 1.54) is 25.2 Å². The van der Waals surface area contributed by atoms with E-state index in [1.54, 1.807) is 0 Å². The maximum atomic E-state index is 5.50. The van der Waals surface area contributed by atoms with E-state index in [4.69, 9.17) is 9.47 Å².